The fourth-order valence-electron chi connectivity index (χ4n) is 3.63. The van der Waals surface area contributed by atoms with Crippen LogP contribution in [0.25, 0.3) is 32.9 Å². The van der Waals surface area contributed by atoms with E-state index in [1.807, 2.05) is 61.5 Å². The second-order valence-corrected chi connectivity index (χ2v) is 6.71. The summed E-state index contributed by atoms with van der Waals surface area (Å²) < 4.78 is 0. The number of carbonyl (C=O) groups is 1. The Labute approximate surface area is 164 Å². The Kier molecular flexibility index (Phi) is 5.04. The third kappa shape index (κ3) is 3.23. The van der Waals surface area contributed by atoms with Gasteiger partial charge >= 0.3 is 0 Å². The van der Waals surface area contributed by atoms with E-state index in [0.29, 0.717) is 18.7 Å². The van der Waals surface area contributed by atoms with Crippen LogP contribution >= 0.6 is 0 Å². The molecule has 28 heavy (non-hydrogen) atoms. The number of hydrogen-bond donors (Lipinski definition) is 1. The van der Waals surface area contributed by atoms with Crippen molar-refractivity contribution in [2.75, 3.05) is 19.7 Å². The molecule has 0 aliphatic rings. The molecule has 4 aromatic rings. The minimum absolute atomic E-state index is 0.0568. The summed E-state index contributed by atoms with van der Waals surface area (Å²) in [5, 5.41) is 12.4. The molecule has 140 valence electrons. The quantitative estimate of drug-likeness (QED) is 0.562. The molecule has 0 bridgehead atoms. The Morgan fingerprint density at radius 1 is 0.964 bits per heavy atom. The van der Waals surface area contributed by atoms with Gasteiger partial charge in [0.15, 0.2) is 0 Å². The van der Waals surface area contributed by atoms with Gasteiger partial charge in [0.1, 0.15) is 0 Å². The van der Waals surface area contributed by atoms with E-state index >= 15 is 0 Å². The molecule has 0 unspecified atom stereocenters. The fraction of sp³-hybridized carbons (Fsp3) is 0.167. The Morgan fingerprint density at radius 3 is 2.46 bits per heavy atom. The number of benzene rings is 3. The number of carbonyl (C=O) groups excluding carboxylic acids is 1. The van der Waals surface area contributed by atoms with Gasteiger partial charge in [0.05, 0.1) is 23.4 Å². The molecule has 1 amide bonds. The van der Waals surface area contributed by atoms with Crippen LogP contribution in [0.1, 0.15) is 17.3 Å². The van der Waals surface area contributed by atoms with Crippen LogP contribution < -0.4 is 0 Å². The van der Waals surface area contributed by atoms with Gasteiger partial charge in [-0.15, -0.1) is 0 Å². The monoisotopic (exact) mass is 370 g/mol. The molecule has 4 rings (SSSR count). The first-order valence-corrected chi connectivity index (χ1v) is 9.51. The molecule has 0 spiro atoms. The summed E-state index contributed by atoms with van der Waals surface area (Å²) in [5.41, 5.74) is 3.18. The Morgan fingerprint density at radius 2 is 1.68 bits per heavy atom. The van der Waals surface area contributed by atoms with E-state index in [2.05, 4.69) is 18.2 Å². The number of amides is 1. The predicted molar refractivity (Wildman–Crippen MR) is 113 cm³/mol. The molecule has 0 radical (unpaired) electrons. The standard InChI is InChI=1S/C24H22N2O2/c1-2-26(14-15-27)24(28)21-16-23(25-22-13-6-5-11-20(21)22)19-12-7-9-17-8-3-4-10-18(17)19/h3-13,16,27H,2,14-15H2,1H3. The number of aliphatic hydroxyl groups excluding tert-OH is 1. The van der Waals surface area contributed by atoms with Crippen LogP contribution in [0.5, 0.6) is 0 Å². The van der Waals surface area contributed by atoms with Gasteiger partial charge in [-0.25, -0.2) is 4.98 Å². The van der Waals surface area contributed by atoms with Gasteiger partial charge in [-0.05, 0) is 29.8 Å². The van der Waals surface area contributed by atoms with Crippen LogP contribution in [0, 0.1) is 0 Å². The number of aromatic nitrogens is 1. The molecule has 0 aliphatic heterocycles. The number of aliphatic hydroxyl groups is 1. The van der Waals surface area contributed by atoms with Gasteiger partial charge in [0, 0.05) is 24.0 Å². The van der Waals surface area contributed by atoms with Crippen LogP contribution in [-0.4, -0.2) is 40.6 Å². The summed E-state index contributed by atoms with van der Waals surface area (Å²) in [4.78, 5) is 19.7. The second-order valence-electron chi connectivity index (χ2n) is 6.71. The summed E-state index contributed by atoms with van der Waals surface area (Å²) in [6.07, 6.45) is 0. The van der Waals surface area contributed by atoms with Crippen molar-refractivity contribution < 1.29 is 9.90 Å². The second kappa shape index (κ2) is 7.79. The van der Waals surface area contributed by atoms with Crippen LogP contribution in [0.15, 0.2) is 72.8 Å². The SMILES string of the molecule is CCN(CCO)C(=O)c1cc(-c2cccc3ccccc23)nc2ccccc12. The minimum atomic E-state index is -0.0864. The maximum absolute atomic E-state index is 13.2. The van der Waals surface area contributed by atoms with Gasteiger partial charge < -0.3 is 10.0 Å². The van der Waals surface area contributed by atoms with Gasteiger partial charge in [0.2, 0.25) is 0 Å². The van der Waals surface area contributed by atoms with Crippen molar-refractivity contribution in [1.29, 1.82) is 0 Å². The van der Waals surface area contributed by atoms with E-state index in [1.54, 1.807) is 4.90 Å². The van der Waals surface area contributed by atoms with Crippen molar-refractivity contribution >= 4 is 27.6 Å². The zero-order valence-electron chi connectivity index (χ0n) is 15.8. The smallest absolute Gasteiger partial charge is 0.254 e. The first kappa shape index (κ1) is 18.1. The lowest BCUT2D eigenvalue weighted by Crippen LogP contribution is -2.33. The van der Waals surface area contributed by atoms with E-state index in [-0.39, 0.29) is 12.5 Å². The van der Waals surface area contributed by atoms with E-state index in [1.165, 1.54) is 0 Å². The molecule has 1 heterocycles. The Balaban J connectivity index is 1.95. The lowest BCUT2D eigenvalue weighted by Gasteiger charge is -2.21. The number of para-hydroxylation sites is 1. The Hall–Kier alpha value is -3.24. The van der Waals surface area contributed by atoms with E-state index in [4.69, 9.17) is 4.98 Å². The number of fused-ring (bicyclic) bond motifs is 2. The molecule has 0 aliphatic carbocycles. The van der Waals surface area contributed by atoms with Crippen LogP contribution in [0.3, 0.4) is 0 Å². The highest BCUT2D eigenvalue weighted by Crippen LogP contribution is 2.30. The molecule has 0 saturated carbocycles. The van der Waals surface area contributed by atoms with Crippen molar-refractivity contribution in [2.24, 2.45) is 0 Å². The van der Waals surface area contributed by atoms with Crippen molar-refractivity contribution in [1.82, 2.24) is 9.88 Å². The molecule has 0 atom stereocenters. The summed E-state index contributed by atoms with van der Waals surface area (Å²) in [6, 6.07) is 23.9. The van der Waals surface area contributed by atoms with E-state index in [0.717, 1.165) is 32.9 Å². The van der Waals surface area contributed by atoms with E-state index in [9.17, 15) is 9.90 Å². The highest BCUT2D eigenvalue weighted by molar-refractivity contribution is 6.08. The van der Waals surface area contributed by atoms with Crippen LogP contribution in [0.2, 0.25) is 0 Å². The topological polar surface area (TPSA) is 53.4 Å². The molecule has 1 aromatic heterocycles. The average molecular weight is 370 g/mol. The third-order valence-electron chi connectivity index (χ3n) is 5.05. The number of nitrogens with zero attached hydrogens (tertiary/aromatic N) is 2. The molecule has 1 N–H and O–H groups in total. The molecule has 4 heteroatoms. The van der Waals surface area contributed by atoms with Crippen molar-refractivity contribution in [3.63, 3.8) is 0 Å². The molecular formula is C24H22N2O2. The normalized spacial score (nSPS) is 11.1. The van der Waals surface area contributed by atoms with Crippen molar-refractivity contribution in [3.8, 4) is 11.3 Å². The zero-order valence-corrected chi connectivity index (χ0v) is 15.8. The number of rotatable bonds is 5. The van der Waals surface area contributed by atoms with Gasteiger partial charge in [-0.3, -0.25) is 4.79 Å². The first-order valence-electron chi connectivity index (χ1n) is 9.51. The molecular weight excluding hydrogens is 348 g/mol. The van der Waals surface area contributed by atoms with Gasteiger partial charge in [-0.1, -0.05) is 60.7 Å². The lowest BCUT2D eigenvalue weighted by atomic mass is 9.98. The molecule has 0 fully saturated rings. The molecule has 0 saturated heterocycles. The highest BCUT2D eigenvalue weighted by atomic mass is 16.3. The highest BCUT2D eigenvalue weighted by Gasteiger charge is 2.19. The summed E-state index contributed by atoms with van der Waals surface area (Å²) >= 11 is 0. The largest absolute Gasteiger partial charge is 0.395 e. The zero-order chi connectivity index (χ0) is 19.5. The average Bonchev–Trinajstić information content (AvgIpc) is 2.75. The molecule has 4 nitrogen and oxygen atoms in total. The lowest BCUT2D eigenvalue weighted by molar-refractivity contribution is 0.0734. The maximum atomic E-state index is 13.2. The Bertz CT molecular complexity index is 1150. The number of pyridine rings is 1. The molecule has 3 aromatic carbocycles. The summed E-state index contributed by atoms with van der Waals surface area (Å²) in [7, 11) is 0. The van der Waals surface area contributed by atoms with E-state index < -0.39 is 0 Å². The third-order valence-corrected chi connectivity index (χ3v) is 5.05. The summed E-state index contributed by atoms with van der Waals surface area (Å²) in [6.45, 7) is 2.72. The fourth-order valence-corrected chi connectivity index (χ4v) is 3.63. The van der Waals surface area contributed by atoms with Crippen LogP contribution in [0.4, 0.5) is 0 Å². The van der Waals surface area contributed by atoms with Crippen molar-refractivity contribution in [2.45, 2.75) is 6.92 Å². The minimum Gasteiger partial charge on any atom is -0.395 e. The van der Waals surface area contributed by atoms with Crippen molar-refractivity contribution in [3.05, 3.63) is 78.4 Å². The van der Waals surface area contributed by atoms with Gasteiger partial charge in [0.25, 0.3) is 5.91 Å². The van der Waals surface area contributed by atoms with Gasteiger partial charge in [-0.2, -0.15) is 0 Å². The predicted octanol–water partition coefficient (Wildman–Crippen LogP) is 4.51. The maximum Gasteiger partial charge on any atom is 0.254 e. The first-order chi connectivity index (χ1) is 13.7. The number of likely N-dealkylation sites (N-methyl/N-ethyl adjacent to an activating group) is 1. The summed E-state index contributed by atoms with van der Waals surface area (Å²) in [5.74, 6) is -0.0864. The van der Waals surface area contributed by atoms with Crippen LogP contribution in [-0.2, 0) is 0 Å². The number of hydrogen-bond acceptors (Lipinski definition) is 3.